The van der Waals surface area contributed by atoms with Crippen molar-refractivity contribution in [1.29, 1.82) is 0 Å². The van der Waals surface area contributed by atoms with Crippen LogP contribution in [-0.4, -0.2) is 60.9 Å². The molecule has 0 spiro atoms. The van der Waals surface area contributed by atoms with Crippen LogP contribution in [-0.2, 0) is 53.0 Å². The molecule has 422 valence electrons. The van der Waals surface area contributed by atoms with Crippen LogP contribution in [0, 0.1) is 0 Å². The van der Waals surface area contributed by atoms with Crippen LogP contribution in [0.1, 0.15) is 21.5 Å². The summed E-state index contributed by atoms with van der Waals surface area (Å²) in [7, 11) is -7.21. The second-order valence-corrected chi connectivity index (χ2v) is 26.1. The van der Waals surface area contributed by atoms with Crippen molar-refractivity contribution in [3.05, 3.63) is 235 Å². The largest absolute Gasteiger partial charge is 0.493 e. The molecule has 0 aliphatic carbocycles. The Hall–Kier alpha value is -8.09. The third-order valence-corrected chi connectivity index (χ3v) is 19.1. The Morgan fingerprint density at radius 1 is 0.439 bits per heavy atom. The molecule has 0 saturated heterocycles. The van der Waals surface area contributed by atoms with Gasteiger partial charge in [0.25, 0.3) is 5.91 Å². The quantitative estimate of drug-likeness (QED) is 0.0555. The molecule has 0 saturated carbocycles. The maximum Gasteiger partial charge on any atom is 0.339 e. The van der Waals surface area contributed by atoms with Gasteiger partial charge < -0.3 is 32.8 Å². The van der Waals surface area contributed by atoms with E-state index in [0.29, 0.717) is 29.5 Å². The first kappa shape index (κ1) is 60.0. The van der Waals surface area contributed by atoms with Crippen molar-refractivity contribution in [2.45, 2.75) is 42.5 Å². The average Bonchev–Trinajstić information content (AvgIpc) is 3.69. The monoisotopic (exact) mass is 1220 g/mol. The van der Waals surface area contributed by atoms with E-state index in [0.717, 1.165) is 39.6 Å². The lowest BCUT2D eigenvalue weighted by atomic mass is 10.1. The molecular weight excluding hydrogens is 1160 g/mol. The number of amides is 1. The van der Waals surface area contributed by atoms with E-state index in [1.807, 2.05) is 60.7 Å². The first-order valence-corrected chi connectivity index (χ1v) is 31.6. The predicted molar refractivity (Wildman–Crippen MR) is 321 cm³/mol. The number of hydrogen-bond donors (Lipinski definition) is 1. The second kappa shape index (κ2) is 26.2. The van der Waals surface area contributed by atoms with Gasteiger partial charge in [0.15, 0.2) is 11.5 Å². The van der Waals surface area contributed by atoms with E-state index in [1.54, 1.807) is 60.7 Å². The molecule has 1 amide bonds. The highest BCUT2D eigenvalue weighted by atomic mass is 32.2. The summed E-state index contributed by atoms with van der Waals surface area (Å²) in [5.41, 5.74) is 3.48. The van der Waals surface area contributed by atoms with E-state index < -0.39 is 39.9 Å². The summed E-state index contributed by atoms with van der Waals surface area (Å²) in [6.07, 6.45) is 0. The van der Waals surface area contributed by atoms with Crippen LogP contribution in [0.2, 0.25) is 0 Å². The summed E-state index contributed by atoms with van der Waals surface area (Å²) in [5, 5.41) is 4.89. The minimum atomic E-state index is -4.44. The van der Waals surface area contributed by atoms with Gasteiger partial charge in [0, 0.05) is 23.5 Å². The van der Waals surface area contributed by atoms with Gasteiger partial charge in [-0.15, -0.1) is 18.5 Å². The molecule has 0 bridgehead atoms. The van der Waals surface area contributed by atoms with E-state index in [4.69, 9.17) is 22.6 Å². The smallest absolute Gasteiger partial charge is 0.339 e. The molecule has 9 aromatic rings. The summed E-state index contributed by atoms with van der Waals surface area (Å²) in [4.78, 5) is 14.7. The van der Waals surface area contributed by atoms with Crippen molar-refractivity contribution in [3.63, 3.8) is 0 Å². The number of carbonyl (C=O) groups excluding carboxylic acids is 1. The van der Waals surface area contributed by atoms with Crippen LogP contribution in [0.3, 0.4) is 0 Å². The molecule has 0 aliphatic rings. The van der Waals surface area contributed by atoms with Crippen molar-refractivity contribution in [3.8, 4) is 28.7 Å². The molecule has 0 aromatic heterocycles. The highest BCUT2D eigenvalue weighted by Gasteiger charge is 2.27. The van der Waals surface area contributed by atoms with Gasteiger partial charge in [-0.05, 0) is 143 Å². The number of sulfone groups is 2. The zero-order valence-electron chi connectivity index (χ0n) is 44.1. The summed E-state index contributed by atoms with van der Waals surface area (Å²) >= 11 is 0. The molecular formula is C60H54N2O14P2S4. The fraction of sp³-hybridized carbons (Fsp3) is 0.0833. The van der Waals surface area contributed by atoms with E-state index in [9.17, 15) is 38.5 Å². The lowest BCUT2D eigenvalue weighted by Gasteiger charge is -2.24. The predicted octanol–water partition coefficient (Wildman–Crippen LogP) is 10.1. The first-order chi connectivity index (χ1) is 39.2. The maximum absolute atomic E-state index is 14.0. The number of carbonyl (C=O) groups is 1. The Bertz CT molecular complexity index is 4140. The maximum atomic E-state index is 14.0. The zero-order chi connectivity index (χ0) is 58.7. The molecule has 2 atom stereocenters. The van der Waals surface area contributed by atoms with Crippen molar-refractivity contribution in [2.75, 3.05) is 31.5 Å². The number of nitrogens with one attached hydrogen (secondary N) is 1. The van der Waals surface area contributed by atoms with Gasteiger partial charge in [-0.3, -0.25) is 4.79 Å². The number of methoxy groups -OCH3 is 3. The minimum absolute atomic E-state index is 0.0286. The molecule has 9 rings (SSSR count). The molecule has 0 heterocycles. The SMILES string of the molecule is COc1cc(C(=O)N(Cc2ccccc2)c2ccc(OS(=O)(=O)c3cccc(S(=O)(=O)c4ccc(P)cc4)c3)cc2)cc(OC)c1OC.O=S(=O)(Oc1ccc(NCc2ccccc2)cc1)c1cccc(S(=O)(=O)c2ccc(P)cc2)c1. The molecule has 16 nitrogen and oxygen atoms in total. The van der Waals surface area contributed by atoms with Crippen LogP contribution in [0.4, 0.5) is 11.4 Å². The molecule has 9 aromatic carbocycles. The summed E-state index contributed by atoms with van der Waals surface area (Å²) < 4.78 is 131. The third-order valence-electron chi connectivity index (χ3n) is 12.3. The highest BCUT2D eigenvalue weighted by molar-refractivity contribution is 7.92. The molecule has 22 heteroatoms. The summed E-state index contributed by atoms with van der Waals surface area (Å²) in [6.45, 7) is 0.816. The topological polar surface area (TPSA) is 215 Å². The lowest BCUT2D eigenvalue weighted by molar-refractivity contribution is 0.0984. The van der Waals surface area contributed by atoms with Crippen LogP contribution in [0.5, 0.6) is 28.7 Å². The van der Waals surface area contributed by atoms with Crippen molar-refractivity contribution in [2.24, 2.45) is 0 Å². The van der Waals surface area contributed by atoms with Crippen LogP contribution in [0.15, 0.2) is 248 Å². The van der Waals surface area contributed by atoms with Gasteiger partial charge in [0.1, 0.15) is 21.3 Å². The van der Waals surface area contributed by atoms with E-state index in [2.05, 4.69) is 23.8 Å². The molecule has 2 unspecified atom stereocenters. The van der Waals surface area contributed by atoms with Crippen LogP contribution < -0.4 is 43.4 Å². The van der Waals surface area contributed by atoms with Gasteiger partial charge in [0.2, 0.25) is 25.4 Å². The van der Waals surface area contributed by atoms with Crippen molar-refractivity contribution < 1.29 is 61.0 Å². The Labute approximate surface area is 482 Å². The van der Waals surface area contributed by atoms with E-state index in [-0.39, 0.29) is 58.9 Å². The lowest BCUT2D eigenvalue weighted by Crippen LogP contribution is -2.30. The number of benzene rings is 9. The second-order valence-electron chi connectivity index (χ2n) is 17.8. The molecule has 82 heavy (non-hydrogen) atoms. The minimum Gasteiger partial charge on any atom is -0.493 e. The Morgan fingerprint density at radius 3 is 1.28 bits per heavy atom. The number of hydrogen-bond acceptors (Lipinski definition) is 15. The van der Waals surface area contributed by atoms with E-state index >= 15 is 0 Å². The standard InChI is InChI=1S/C35H32NO9PS2.C25H22NO5PS2/c1-42-32-20-25(21-33(43-2)34(32)44-3)35(37)36(23-24-8-5-4-6-9-24)26-12-14-27(15-13-26)45-48(40,41)31-11-7-10-30(22-31)47(38,39)29-18-16-28(46)17-19-29;27-33(28,23-15-13-22(32)14-16-23)24-7-4-8-25(17-24)34(29,30)31-21-11-9-20(10-12-21)26-18-19-5-2-1-3-6-19/h4-22H,23,46H2,1-3H3;1-17,26H,18,32H2. The Kier molecular flexibility index (Phi) is 19.2. The highest BCUT2D eigenvalue weighted by Crippen LogP contribution is 2.39. The van der Waals surface area contributed by atoms with Gasteiger partial charge in [-0.1, -0.05) is 97.1 Å². The van der Waals surface area contributed by atoms with Crippen molar-refractivity contribution in [1.82, 2.24) is 0 Å². The van der Waals surface area contributed by atoms with Crippen molar-refractivity contribution >= 4 is 86.3 Å². The van der Waals surface area contributed by atoms with Crippen LogP contribution in [0.25, 0.3) is 0 Å². The zero-order valence-corrected chi connectivity index (χ0v) is 49.7. The fourth-order valence-electron chi connectivity index (χ4n) is 8.03. The number of nitrogens with zero attached hydrogens (tertiary/aromatic N) is 1. The molecule has 0 aliphatic heterocycles. The van der Waals surface area contributed by atoms with Gasteiger partial charge in [-0.2, -0.15) is 16.8 Å². The normalized spacial score (nSPS) is 11.5. The third kappa shape index (κ3) is 14.7. The number of ether oxygens (including phenoxy) is 3. The molecule has 0 radical (unpaired) electrons. The van der Waals surface area contributed by atoms with Gasteiger partial charge >= 0.3 is 20.2 Å². The molecule has 0 fully saturated rings. The molecule has 1 N–H and O–H groups in total. The Morgan fingerprint density at radius 2 is 0.854 bits per heavy atom. The van der Waals surface area contributed by atoms with Crippen LogP contribution >= 0.6 is 18.5 Å². The number of anilines is 2. The number of rotatable bonds is 20. The summed E-state index contributed by atoms with van der Waals surface area (Å²) in [6, 6.07) is 57.3. The first-order valence-electron chi connectivity index (χ1n) is 24.6. The van der Waals surface area contributed by atoms with Gasteiger partial charge in [-0.25, -0.2) is 16.8 Å². The Balaban J connectivity index is 0.000000227. The fourth-order valence-corrected chi connectivity index (χ4v) is 13.1. The van der Waals surface area contributed by atoms with E-state index in [1.165, 1.54) is 111 Å². The summed E-state index contributed by atoms with van der Waals surface area (Å²) in [5.74, 6) is 0.654. The van der Waals surface area contributed by atoms with Gasteiger partial charge in [0.05, 0.1) is 47.5 Å². The average molecular weight is 1220 g/mol.